The lowest BCUT2D eigenvalue weighted by molar-refractivity contribution is -0.165. The summed E-state index contributed by atoms with van der Waals surface area (Å²) >= 11 is 0. The van der Waals surface area contributed by atoms with Crippen LogP contribution < -0.4 is 0 Å². The van der Waals surface area contributed by atoms with E-state index in [0.29, 0.717) is 92.5 Å². The fraction of sp³-hybridized carbons (Fsp3) is 0.833. The first-order valence-corrected chi connectivity index (χ1v) is 15.6. The average molecular weight is 669 g/mol. The molecule has 0 bridgehead atoms. The van der Waals surface area contributed by atoms with Gasteiger partial charge in [-0.25, -0.2) is 4.79 Å². The van der Waals surface area contributed by atoms with Crippen LogP contribution in [0.5, 0.6) is 0 Å². The van der Waals surface area contributed by atoms with Gasteiger partial charge in [-0.1, -0.05) is 0 Å². The first kappa shape index (κ1) is 43.4. The molecule has 0 aromatic rings. The molecular weight excluding hydrogens is 616 g/mol. The molecular formula is C30H52O16. The Kier molecular flexibility index (Phi) is 31.9. The van der Waals surface area contributed by atoms with Gasteiger partial charge in [0, 0.05) is 26.1 Å². The molecule has 0 fully saturated rings. The van der Waals surface area contributed by atoms with Crippen LogP contribution in [0.2, 0.25) is 0 Å². The Bertz CT molecular complexity index is 791. The topological polar surface area (TPSA) is 187 Å². The van der Waals surface area contributed by atoms with Gasteiger partial charge < -0.3 is 52.1 Å². The van der Waals surface area contributed by atoms with Gasteiger partial charge in [0.25, 0.3) is 0 Å². The molecule has 0 saturated carbocycles. The molecule has 0 aliphatic rings. The van der Waals surface area contributed by atoms with E-state index in [0.717, 1.165) is 0 Å². The van der Waals surface area contributed by atoms with Crippen molar-refractivity contribution in [2.24, 2.45) is 0 Å². The van der Waals surface area contributed by atoms with Gasteiger partial charge in [-0.15, -0.1) is 0 Å². The number of ketones is 1. The van der Waals surface area contributed by atoms with Crippen molar-refractivity contribution < 1.29 is 76.1 Å². The Hall–Kier alpha value is -2.57. The van der Waals surface area contributed by atoms with Crippen molar-refractivity contribution in [3.63, 3.8) is 0 Å². The summed E-state index contributed by atoms with van der Waals surface area (Å²) in [4.78, 5) is 58.9. The van der Waals surface area contributed by atoms with Crippen LogP contribution in [0.25, 0.3) is 0 Å². The molecule has 0 N–H and O–H groups in total. The zero-order valence-electron chi connectivity index (χ0n) is 27.3. The molecule has 0 saturated heterocycles. The van der Waals surface area contributed by atoms with E-state index in [-0.39, 0.29) is 52.1 Å². The predicted octanol–water partition coefficient (Wildman–Crippen LogP) is 0.835. The molecule has 46 heavy (non-hydrogen) atoms. The highest BCUT2D eigenvalue weighted by atomic mass is 16.6. The molecule has 16 nitrogen and oxygen atoms in total. The van der Waals surface area contributed by atoms with Gasteiger partial charge in [-0.05, 0) is 20.3 Å². The maximum absolute atomic E-state index is 11.9. The Morgan fingerprint density at radius 1 is 0.370 bits per heavy atom. The number of esters is 4. The number of carbonyl (C=O) groups is 5. The number of carbonyl (C=O) groups excluding carboxylic acids is 5. The number of rotatable bonds is 34. The van der Waals surface area contributed by atoms with Crippen molar-refractivity contribution in [1.29, 1.82) is 0 Å². The van der Waals surface area contributed by atoms with Gasteiger partial charge in [-0.3, -0.25) is 19.2 Å². The van der Waals surface area contributed by atoms with Crippen molar-refractivity contribution in [2.45, 2.75) is 46.0 Å². The quantitative estimate of drug-likeness (QED) is 0.0308. The molecule has 16 heteroatoms. The zero-order chi connectivity index (χ0) is 33.9. The van der Waals surface area contributed by atoms with Gasteiger partial charge in [0.05, 0.1) is 105 Å². The fourth-order valence-corrected chi connectivity index (χ4v) is 3.09. The van der Waals surface area contributed by atoms with Gasteiger partial charge in [0.2, 0.25) is 5.78 Å². The third-order valence-corrected chi connectivity index (χ3v) is 5.37. The van der Waals surface area contributed by atoms with E-state index in [4.69, 9.17) is 47.4 Å². The lowest BCUT2D eigenvalue weighted by Gasteiger charge is -2.08. The Labute approximate surface area is 270 Å². The molecule has 0 spiro atoms. The summed E-state index contributed by atoms with van der Waals surface area (Å²) in [6.07, 6.45) is -1.15. The van der Waals surface area contributed by atoms with E-state index in [9.17, 15) is 24.0 Å². The minimum Gasteiger partial charge on any atom is -0.463 e. The van der Waals surface area contributed by atoms with E-state index >= 15 is 0 Å². The molecule has 0 atom stereocenters. The maximum atomic E-state index is 11.9. The highest BCUT2D eigenvalue weighted by Crippen LogP contribution is 2.03. The zero-order valence-corrected chi connectivity index (χ0v) is 27.3. The summed E-state index contributed by atoms with van der Waals surface area (Å²) < 4.78 is 56.5. The standard InChI is InChI=1S/C30H52O16/c1-3-36-10-12-38-14-16-40-18-20-42-22-24-44-27(32)7-5-6-26(31)30(35)46-29(34)9-8-28(33)45-25-23-43-21-19-41-17-15-39-13-11-37-4-2/h3-25H2,1-2H3. The first-order valence-electron chi connectivity index (χ1n) is 15.6. The van der Waals surface area contributed by atoms with Gasteiger partial charge in [0.15, 0.2) is 0 Å². The number of Topliss-reactive ketones (excluding diaryl/α,β-unsaturated/α-hetero) is 1. The molecule has 268 valence electrons. The van der Waals surface area contributed by atoms with E-state index < -0.39 is 36.1 Å². The summed E-state index contributed by atoms with van der Waals surface area (Å²) in [5.74, 6) is -4.62. The van der Waals surface area contributed by atoms with Crippen LogP contribution in [0.4, 0.5) is 0 Å². The number of hydrogen-bond acceptors (Lipinski definition) is 16. The summed E-state index contributed by atoms with van der Waals surface area (Å²) in [5.41, 5.74) is 0. The summed E-state index contributed by atoms with van der Waals surface area (Å²) in [5, 5.41) is 0. The third-order valence-electron chi connectivity index (χ3n) is 5.37. The lowest BCUT2D eigenvalue weighted by atomic mass is 10.2. The minimum atomic E-state index is -1.35. The van der Waals surface area contributed by atoms with Crippen molar-refractivity contribution in [3.8, 4) is 0 Å². The molecule has 0 amide bonds. The van der Waals surface area contributed by atoms with E-state index in [1.54, 1.807) is 0 Å². The van der Waals surface area contributed by atoms with Gasteiger partial charge in [-0.2, -0.15) is 0 Å². The highest BCUT2D eigenvalue weighted by molar-refractivity contribution is 6.35. The monoisotopic (exact) mass is 668 g/mol. The van der Waals surface area contributed by atoms with Gasteiger partial charge in [0.1, 0.15) is 13.2 Å². The van der Waals surface area contributed by atoms with Gasteiger partial charge >= 0.3 is 23.9 Å². The Morgan fingerprint density at radius 3 is 1.09 bits per heavy atom. The predicted molar refractivity (Wildman–Crippen MR) is 159 cm³/mol. The van der Waals surface area contributed by atoms with Crippen LogP contribution in [0.1, 0.15) is 46.0 Å². The SMILES string of the molecule is CCOCCOCCOCCOCCOC(=O)CCCC(=O)C(=O)OC(=O)CCC(=O)OCCOCCOCCOCCOCC. The van der Waals surface area contributed by atoms with Crippen LogP contribution in [0.3, 0.4) is 0 Å². The molecule has 0 unspecified atom stereocenters. The highest BCUT2D eigenvalue weighted by Gasteiger charge is 2.20. The largest absolute Gasteiger partial charge is 0.463 e. The smallest absolute Gasteiger partial charge is 0.382 e. The lowest BCUT2D eigenvalue weighted by Crippen LogP contribution is -2.22. The van der Waals surface area contributed by atoms with Crippen LogP contribution in [-0.2, 0) is 76.1 Å². The number of hydrogen-bond donors (Lipinski definition) is 0. The molecule has 0 rings (SSSR count). The molecule has 0 aromatic carbocycles. The van der Waals surface area contributed by atoms with Crippen molar-refractivity contribution in [3.05, 3.63) is 0 Å². The molecule has 0 heterocycles. The second-order valence-electron chi connectivity index (χ2n) is 9.05. The first-order chi connectivity index (χ1) is 22.4. The minimum absolute atomic E-state index is 0.0250. The maximum Gasteiger partial charge on any atom is 0.382 e. The van der Waals surface area contributed by atoms with E-state index in [1.165, 1.54) is 0 Å². The molecule has 0 radical (unpaired) electrons. The Morgan fingerprint density at radius 2 is 0.696 bits per heavy atom. The second kappa shape index (κ2) is 33.8. The molecule has 0 aliphatic heterocycles. The summed E-state index contributed by atoms with van der Waals surface area (Å²) in [6, 6.07) is 0. The normalized spacial score (nSPS) is 10.9. The van der Waals surface area contributed by atoms with Crippen molar-refractivity contribution in [2.75, 3.05) is 119 Å². The van der Waals surface area contributed by atoms with Crippen LogP contribution >= 0.6 is 0 Å². The van der Waals surface area contributed by atoms with Crippen LogP contribution in [-0.4, -0.2) is 149 Å². The summed E-state index contributed by atoms with van der Waals surface area (Å²) in [6.45, 7) is 10.7. The molecule has 0 aliphatic carbocycles. The Balaban J connectivity index is 3.62. The van der Waals surface area contributed by atoms with Crippen molar-refractivity contribution >= 4 is 29.7 Å². The van der Waals surface area contributed by atoms with Crippen LogP contribution in [0, 0.1) is 0 Å². The average Bonchev–Trinajstić information content (AvgIpc) is 3.04. The fourth-order valence-electron chi connectivity index (χ4n) is 3.09. The van der Waals surface area contributed by atoms with E-state index in [2.05, 4.69) is 4.74 Å². The number of ether oxygens (including phenoxy) is 11. The van der Waals surface area contributed by atoms with Crippen molar-refractivity contribution in [1.82, 2.24) is 0 Å². The summed E-state index contributed by atoms with van der Waals surface area (Å²) in [7, 11) is 0. The third kappa shape index (κ3) is 31.4. The second-order valence-corrected chi connectivity index (χ2v) is 9.05. The molecule has 0 aromatic heterocycles. The van der Waals surface area contributed by atoms with E-state index in [1.807, 2.05) is 13.8 Å². The van der Waals surface area contributed by atoms with Crippen LogP contribution in [0.15, 0.2) is 0 Å².